The van der Waals surface area contributed by atoms with E-state index in [1.807, 2.05) is 0 Å². The molecule has 1 N–H and O–H groups in total. The molecule has 0 spiro atoms. The molecule has 0 saturated carbocycles. The smallest absolute Gasteiger partial charge is 0.141 e. The van der Waals surface area contributed by atoms with Crippen molar-refractivity contribution >= 4 is 22.9 Å². The van der Waals surface area contributed by atoms with E-state index in [1.165, 1.54) is 17.2 Å². The van der Waals surface area contributed by atoms with E-state index in [0.717, 1.165) is 18.5 Å². The van der Waals surface area contributed by atoms with E-state index in [9.17, 15) is 4.39 Å². The molecule has 1 heterocycles. The van der Waals surface area contributed by atoms with Crippen molar-refractivity contribution < 1.29 is 4.39 Å². The molecule has 4 heteroatoms. The van der Waals surface area contributed by atoms with Crippen LogP contribution in [0, 0.1) is 12.7 Å². The monoisotopic (exact) mass is 297 g/mol. The minimum absolute atomic E-state index is 0.190. The molecule has 0 amide bonds. The number of benzene rings is 1. The quantitative estimate of drug-likeness (QED) is 0.840. The number of hydrogen-bond acceptors (Lipinski definition) is 2. The Morgan fingerprint density at radius 2 is 2.16 bits per heavy atom. The fourth-order valence-electron chi connectivity index (χ4n) is 2.17. The van der Waals surface area contributed by atoms with Gasteiger partial charge in [-0.05, 0) is 59.5 Å². The Morgan fingerprint density at radius 3 is 2.74 bits per heavy atom. The summed E-state index contributed by atoms with van der Waals surface area (Å²) in [5.41, 5.74) is 3.65. The van der Waals surface area contributed by atoms with Crippen LogP contribution in [-0.2, 0) is 6.42 Å². The lowest BCUT2D eigenvalue weighted by atomic mass is 9.98. The minimum Gasteiger partial charge on any atom is -0.310 e. The van der Waals surface area contributed by atoms with Crippen LogP contribution in [0.5, 0.6) is 0 Å². The number of halogens is 2. The predicted octanol–water partition coefficient (Wildman–Crippen LogP) is 4.74. The summed E-state index contributed by atoms with van der Waals surface area (Å²) in [6.45, 7) is 5.11. The maximum absolute atomic E-state index is 13.2. The maximum atomic E-state index is 13.2. The minimum atomic E-state index is -0.364. The third-order valence-electron chi connectivity index (χ3n) is 3.14. The summed E-state index contributed by atoms with van der Waals surface area (Å²) in [6.07, 6.45) is 0.811. The van der Waals surface area contributed by atoms with E-state index in [2.05, 4.69) is 29.9 Å². The Balaban J connectivity index is 2.21. The summed E-state index contributed by atoms with van der Waals surface area (Å²) in [4.78, 5) is 0. The van der Waals surface area contributed by atoms with Crippen LogP contribution in [0.25, 0.3) is 0 Å². The zero-order valence-corrected chi connectivity index (χ0v) is 12.6. The Bertz CT molecular complexity index is 553. The molecule has 0 aliphatic rings. The SMILES string of the molecule is CCNC(Cc1ccc(F)c(Cl)c1)c1cscc1C. The van der Waals surface area contributed by atoms with Crippen LogP contribution >= 0.6 is 22.9 Å². The van der Waals surface area contributed by atoms with Gasteiger partial charge in [0.25, 0.3) is 0 Å². The molecular formula is C15H17ClFNS. The first-order chi connectivity index (χ1) is 9.11. The summed E-state index contributed by atoms with van der Waals surface area (Å²) in [7, 11) is 0. The van der Waals surface area contributed by atoms with Crippen molar-refractivity contribution in [3.05, 3.63) is 56.5 Å². The van der Waals surface area contributed by atoms with Crippen molar-refractivity contribution in [3.63, 3.8) is 0 Å². The van der Waals surface area contributed by atoms with Gasteiger partial charge in [-0.1, -0.05) is 24.6 Å². The highest BCUT2D eigenvalue weighted by molar-refractivity contribution is 7.08. The second-order valence-electron chi connectivity index (χ2n) is 4.57. The number of rotatable bonds is 5. The molecule has 2 rings (SSSR count). The summed E-state index contributed by atoms with van der Waals surface area (Å²) >= 11 is 7.55. The van der Waals surface area contributed by atoms with Gasteiger partial charge in [0.2, 0.25) is 0 Å². The van der Waals surface area contributed by atoms with E-state index in [0.29, 0.717) is 0 Å². The zero-order chi connectivity index (χ0) is 13.8. The van der Waals surface area contributed by atoms with Crippen molar-refractivity contribution in [1.82, 2.24) is 5.32 Å². The second kappa shape index (κ2) is 6.51. The topological polar surface area (TPSA) is 12.0 Å². The normalized spacial score (nSPS) is 12.6. The lowest BCUT2D eigenvalue weighted by molar-refractivity contribution is 0.548. The van der Waals surface area contributed by atoms with Crippen LogP contribution in [0.3, 0.4) is 0 Å². The van der Waals surface area contributed by atoms with Crippen LogP contribution in [0.4, 0.5) is 4.39 Å². The molecular weight excluding hydrogens is 281 g/mol. The number of likely N-dealkylation sites (N-methyl/N-ethyl adjacent to an activating group) is 1. The lowest BCUT2D eigenvalue weighted by Gasteiger charge is -2.18. The predicted molar refractivity (Wildman–Crippen MR) is 80.6 cm³/mol. The number of hydrogen-bond donors (Lipinski definition) is 1. The molecule has 102 valence electrons. The molecule has 1 aromatic carbocycles. The van der Waals surface area contributed by atoms with Crippen molar-refractivity contribution in [2.75, 3.05) is 6.54 Å². The Morgan fingerprint density at radius 1 is 1.37 bits per heavy atom. The number of thiophene rings is 1. The van der Waals surface area contributed by atoms with Gasteiger partial charge in [-0.25, -0.2) is 4.39 Å². The van der Waals surface area contributed by atoms with Crippen LogP contribution in [0.1, 0.15) is 29.7 Å². The van der Waals surface area contributed by atoms with Gasteiger partial charge in [0.1, 0.15) is 5.82 Å². The molecule has 1 atom stereocenters. The highest BCUT2D eigenvalue weighted by Crippen LogP contribution is 2.26. The van der Waals surface area contributed by atoms with Crippen LogP contribution < -0.4 is 5.32 Å². The standard InChI is InChI=1S/C15H17ClFNS/c1-3-18-15(12-9-19-8-10(12)2)7-11-4-5-14(17)13(16)6-11/h4-6,8-9,15,18H,3,7H2,1-2H3. The molecule has 2 aromatic rings. The first-order valence-corrected chi connectivity index (χ1v) is 7.64. The highest BCUT2D eigenvalue weighted by atomic mass is 35.5. The molecule has 0 radical (unpaired) electrons. The third-order valence-corrected chi connectivity index (χ3v) is 4.31. The van der Waals surface area contributed by atoms with Gasteiger partial charge in [-0.15, -0.1) is 0 Å². The molecule has 0 aliphatic carbocycles. The fraction of sp³-hybridized carbons (Fsp3) is 0.333. The van der Waals surface area contributed by atoms with E-state index < -0.39 is 0 Å². The third kappa shape index (κ3) is 3.56. The van der Waals surface area contributed by atoms with Crippen LogP contribution in [-0.4, -0.2) is 6.54 Å². The summed E-state index contributed by atoms with van der Waals surface area (Å²) in [5, 5.41) is 7.99. The molecule has 0 aliphatic heterocycles. The molecule has 0 bridgehead atoms. The molecule has 0 fully saturated rings. The van der Waals surface area contributed by atoms with Crippen molar-refractivity contribution in [2.45, 2.75) is 26.3 Å². The average Bonchev–Trinajstić information content (AvgIpc) is 2.79. The van der Waals surface area contributed by atoms with Crippen molar-refractivity contribution in [3.8, 4) is 0 Å². The van der Waals surface area contributed by atoms with E-state index in [-0.39, 0.29) is 16.9 Å². The fourth-order valence-corrected chi connectivity index (χ4v) is 3.28. The molecule has 1 aromatic heterocycles. The van der Waals surface area contributed by atoms with Gasteiger partial charge in [0.05, 0.1) is 5.02 Å². The summed E-state index contributed by atoms with van der Waals surface area (Å²) < 4.78 is 13.2. The number of aryl methyl sites for hydroxylation is 1. The van der Waals surface area contributed by atoms with Crippen molar-refractivity contribution in [1.29, 1.82) is 0 Å². The Labute approximate surface area is 122 Å². The first-order valence-electron chi connectivity index (χ1n) is 6.31. The van der Waals surface area contributed by atoms with E-state index in [4.69, 9.17) is 11.6 Å². The lowest BCUT2D eigenvalue weighted by Crippen LogP contribution is -2.23. The molecule has 1 nitrogen and oxygen atoms in total. The Hall–Kier alpha value is -0.900. The van der Waals surface area contributed by atoms with Gasteiger partial charge in [0.15, 0.2) is 0 Å². The summed E-state index contributed by atoms with van der Waals surface area (Å²) in [5.74, 6) is -0.364. The van der Waals surface area contributed by atoms with Crippen LogP contribution in [0.2, 0.25) is 5.02 Å². The highest BCUT2D eigenvalue weighted by Gasteiger charge is 2.15. The van der Waals surface area contributed by atoms with E-state index >= 15 is 0 Å². The van der Waals surface area contributed by atoms with Gasteiger partial charge in [-0.2, -0.15) is 11.3 Å². The first kappa shape index (κ1) is 14.5. The van der Waals surface area contributed by atoms with Crippen LogP contribution in [0.15, 0.2) is 29.0 Å². The Kier molecular flexibility index (Phi) is 4.97. The average molecular weight is 298 g/mol. The van der Waals surface area contributed by atoms with Gasteiger partial charge in [-0.3, -0.25) is 0 Å². The molecule has 0 saturated heterocycles. The maximum Gasteiger partial charge on any atom is 0.141 e. The van der Waals surface area contributed by atoms with Gasteiger partial charge < -0.3 is 5.32 Å². The van der Waals surface area contributed by atoms with Crippen molar-refractivity contribution in [2.24, 2.45) is 0 Å². The second-order valence-corrected chi connectivity index (χ2v) is 5.72. The van der Waals surface area contributed by atoms with Gasteiger partial charge >= 0.3 is 0 Å². The molecule has 1 unspecified atom stereocenters. The zero-order valence-electron chi connectivity index (χ0n) is 11.0. The van der Waals surface area contributed by atoms with Gasteiger partial charge in [0, 0.05) is 6.04 Å². The molecule has 19 heavy (non-hydrogen) atoms. The summed E-state index contributed by atoms with van der Waals surface area (Å²) in [6, 6.07) is 5.19. The largest absolute Gasteiger partial charge is 0.310 e. The van der Waals surface area contributed by atoms with E-state index in [1.54, 1.807) is 23.5 Å². The number of nitrogens with one attached hydrogen (secondary N) is 1.